The first-order chi connectivity index (χ1) is 23.0. The van der Waals surface area contributed by atoms with Crippen LogP contribution < -0.4 is 0 Å². The average molecular weight is 637 g/mol. The second-order valence-electron chi connectivity index (χ2n) is 14.5. The number of fused-ring (bicyclic) bond motifs is 2. The van der Waals surface area contributed by atoms with E-state index >= 15 is 0 Å². The van der Waals surface area contributed by atoms with E-state index in [0.29, 0.717) is 17.8 Å². The first kappa shape index (κ1) is 38.4. The summed E-state index contributed by atoms with van der Waals surface area (Å²) in [6.07, 6.45) is 29.4. The zero-order valence-electron chi connectivity index (χ0n) is 31.8. The molecule has 2 aromatic rings. The standard InChI is InChI=1S/C41H44.C3H8.C2H6.C2H2/c1-8-10-27(3)11-17-31-23-29(13-12-28-14-18-32(19-15-28)40(4,5)6)16-20-34(31)38-36-24-30-25-37(38)39-35(33(36)9-2)21-22-41(39,7)26-30;1-3-2;2*1-2/h8,10-11,14-16,18-25,33,36,38H,9,17,26H2,1-7H3;3H2,1-2H3;1-2H3;1-2H/b10-8-,27-11-;;;. The third kappa shape index (κ3) is 8.16. The Kier molecular flexibility index (Phi) is 13.5. The van der Waals surface area contributed by atoms with Crippen molar-refractivity contribution in [3.05, 3.63) is 141 Å². The summed E-state index contributed by atoms with van der Waals surface area (Å²) in [5.74, 6) is 8.47. The van der Waals surface area contributed by atoms with Gasteiger partial charge in [-0.3, -0.25) is 0 Å². The van der Waals surface area contributed by atoms with Crippen molar-refractivity contribution in [1.82, 2.24) is 0 Å². The molecule has 0 aromatic heterocycles. The molecular weight excluding hydrogens is 577 g/mol. The monoisotopic (exact) mass is 636 g/mol. The molecule has 4 unspecified atom stereocenters. The number of hydrogen-bond donors (Lipinski definition) is 0. The highest BCUT2D eigenvalue weighted by molar-refractivity contribution is 5.67. The predicted molar refractivity (Wildman–Crippen MR) is 212 cm³/mol. The molecular formula is C48H60. The number of terminal acetylenes is 1. The minimum atomic E-state index is 0.151. The third-order valence-corrected chi connectivity index (χ3v) is 9.78. The molecule has 0 heterocycles. The maximum atomic E-state index is 4.00. The van der Waals surface area contributed by atoms with Crippen LogP contribution >= 0.6 is 0 Å². The Morgan fingerprint density at radius 3 is 2.21 bits per heavy atom. The van der Waals surface area contributed by atoms with Gasteiger partial charge in [0.15, 0.2) is 0 Å². The zero-order chi connectivity index (χ0) is 35.6. The minimum Gasteiger partial charge on any atom is -0.124 e. The van der Waals surface area contributed by atoms with Crippen molar-refractivity contribution in [3.63, 3.8) is 0 Å². The van der Waals surface area contributed by atoms with E-state index in [1.54, 1.807) is 22.3 Å². The number of allylic oxidation sites excluding steroid dienone is 12. The van der Waals surface area contributed by atoms with Crippen LogP contribution in [0.4, 0.5) is 0 Å². The lowest BCUT2D eigenvalue weighted by Gasteiger charge is -2.49. The summed E-state index contributed by atoms with van der Waals surface area (Å²) in [6.45, 7) is 24.1. The van der Waals surface area contributed by atoms with E-state index in [1.165, 1.54) is 35.1 Å². The van der Waals surface area contributed by atoms with Crippen LogP contribution in [0.1, 0.15) is 129 Å². The van der Waals surface area contributed by atoms with Crippen molar-refractivity contribution < 1.29 is 0 Å². The molecule has 0 amide bonds. The first-order valence-corrected chi connectivity index (χ1v) is 18.3. The number of rotatable bonds is 5. The summed E-state index contributed by atoms with van der Waals surface area (Å²) in [5, 5.41) is 0. The second-order valence-corrected chi connectivity index (χ2v) is 14.5. The molecule has 0 aliphatic heterocycles. The highest BCUT2D eigenvalue weighted by Crippen LogP contribution is 2.63. The van der Waals surface area contributed by atoms with E-state index in [2.05, 4.69) is 172 Å². The zero-order valence-corrected chi connectivity index (χ0v) is 31.8. The van der Waals surface area contributed by atoms with Gasteiger partial charge in [0.05, 0.1) is 0 Å². The SMILES string of the molecule is C#C.C/C=C\C(C)=C/Cc1cc(C#Cc2ccc(C(C)(C)C)cc2)ccc1C1C2=CC3=CC1C(CC)C1=C2C(C)(C=C1)C3.CC.CCC. The smallest absolute Gasteiger partial charge is 0.0252 e. The lowest BCUT2D eigenvalue weighted by atomic mass is 9.54. The van der Waals surface area contributed by atoms with Crippen LogP contribution in [0, 0.1) is 41.9 Å². The molecule has 0 nitrogen and oxygen atoms in total. The molecule has 3 bridgehead atoms. The van der Waals surface area contributed by atoms with Gasteiger partial charge in [0.2, 0.25) is 0 Å². The van der Waals surface area contributed by atoms with Gasteiger partial charge >= 0.3 is 0 Å². The maximum absolute atomic E-state index is 4.00. The molecule has 48 heavy (non-hydrogen) atoms. The third-order valence-electron chi connectivity index (χ3n) is 9.78. The van der Waals surface area contributed by atoms with E-state index in [4.69, 9.17) is 0 Å². The van der Waals surface area contributed by atoms with Crippen molar-refractivity contribution in [2.75, 3.05) is 0 Å². The van der Waals surface area contributed by atoms with Gasteiger partial charge in [-0.25, -0.2) is 0 Å². The first-order valence-electron chi connectivity index (χ1n) is 18.3. The molecule has 0 saturated heterocycles. The molecule has 0 radical (unpaired) electrons. The van der Waals surface area contributed by atoms with Crippen molar-refractivity contribution in [2.24, 2.45) is 17.3 Å². The largest absolute Gasteiger partial charge is 0.124 e. The van der Waals surface area contributed by atoms with Gasteiger partial charge in [-0.05, 0) is 108 Å². The maximum Gasteiger partial charge on any atom is 0.0252 e. The van der Waals surface area contributed by atoms with Gasteiger partial charge < -0.3 is 0 Å². The highest BCUT2D eigenvalue weighted by Gasteiger charge is 2.51. The van der Waals surface area contributed by atoms with E-state index in [9.17, 15) is 0 Å². The van der Waals surface area contributed by atoms with Gasteiger partial charge in [0.25, 0.3) is 0 Å². The van der Waals surface area contributed by atoms with E-state index < -0.39 is 0 Å². The lowest BCUT2D eigenvalue weighted by molar-refractivity contribution is 0.347. The highest BCUT2D eigenvalue weighted by atomic mass is 14.5. The fourth-order valence-electron chi connectivity index (χ4n) is 7.76. The van der Waals surface area contributed by atoms with Gasteiger partial charge in [0.1, 0.15) is 0 Å². The molecule has 0 N–H and O–H groups in total. The number of hydrogen-bond acceptors (Lipinski definition) is 0. The summed E-state index contributed by atoms with van der Waals surface area (Å²) in [4.78, 5) is 0. The van der Waals surface area contributed by atoms with Gasteiger partial charge in [-0.1, -0.05) is 152 Å². The summed E-state index contributed by atoms with van der Waals surface area (Å²) < 4.78 is 0. The Balaban J connectivity index is 0.000000832. The fourth-order valence-corrected chi connectivity index (χ4v) is 7.76. The van der Waals surface area contributed by atoms with Crippen LogP contribution in [0.15, 0.2) is 113 Å². The summed E-state index contributed by atoms with van der Waals surface area (Å²) in [7, 11) is 0. The molecule has 4 atom stereocenters. The fraction of sp³-hybridized carbons (Fsp3) is 0.417. The van der Waals surface area contributed by atoms with Gasteiger partial charge in [-0.15, -0.1) is 12.8 Å². The quantitative estimate of drug-likeness (QED) is 0.226. The molecule has 0 spiro atoms. The Hall–Kier alpha value is -4.00. The Morgan fingerprint density at radius 1 is 0.979 bits per heavy atom. The second kappa shape index (κ2) is 16.9. The van der Waals surface area contributed by atoms with Crippen LogP contribution in [0.5, 0.6) is 0 Å². The van der Waals surface area contributed by atoms with Crippen LogP contribution in [0.25, 0.3) is 0 Å². The summed E-state index contributed by atoms with van der Waals surface area (Å²) >= 11 is 0. The van der Waals surface area contributed by atoms with Gasteiger partial charge in [-0.2, -0.15) is 0 Å². The average Bonchev–Trinajstić information content (AvgIpc) is 3.43. The van der Waals surface area contributed by atoms with Crippen molar-refractivity contribution >= 4 is 0 Å². The summed E-state index contributed by atoms with van der Waals surface area (Å²) in [6, 6.07) is 15.8. The van der Waals surface area contributed by atoms with Gasteiger partial charge in [0, 0.05) is 22.5 Å². The summed E-state index contributed by atoms with van der Waals surface area (Å²) in [5.41, 5.74) is 14.4. The van der Waals surface area contributed by atoms with Crippen LogP contribution in [-0.2, 0) is 11.8 Å². The minimum absolute atomic E-state index is 0.151. The molecule has 6 rings (SSSR count). The number of benzene rings is 2. The van der Waals surface area contributed by atoms with Crippen LogP contribution in [0.3, 0.4) is 0 Å². The molecule has 0 heteroatoms. The van der Waals surface area contributed by atoms with E-state index in [1.807, 2.05) is 13.8 Å². The van der Waals surface area contributed by atoms with E-state index in [-0.39, 0.29) is 10.8 Å². The molecule has 4 aliphatic carbocycles. The molecule has 4 aliphatic rings. The van der Waals surface area contributed by atoms with E-state index in [0.717, 1.165) is 24.0 Å². The Labute approximate surface area is 294 Å². The molecule has 0 saturated carbocycles. The van der Waals surface area contributed by atoms with Crippen LogP contribution in [0.2, 0.25) is 0 Å². The predicted octanol–water partition coefficient (Wildman–Crippen LogP) is 13.0. The van der Waals surface area contributed by atoms with Crippen LogP contribution in [-0.4, -0.2) is 0 Å². The molecule has 252 valence electrons. The molecule has 2 aromatic carbocycles. The Bertz CT molecular complexity index is 1690. The lowest BCUT2D eigenvalue weighted by Crippen LogP contribution is -2.37. The molecule has 0 fully saturated rings. The van der Waals surface area contributed by atoms with Crippen molar-refractivity contribution in [3.8, 4) is 24.7 Å². The Morgan fingerprint density at radius 2 is 1.60 bits per heavy atom. The normalized spacial score (nSPS) is 23.0. The van der Waals surface area contributed by atoms with Crippen molar-refractivity contribution in [2.45, 2.75) is 113 Å². The topological polar surface area (TPSA) is 0 Å². The van der Waals surface area contributed by atoms with Crippen molar-refractivity contribution in [1.29, 1.82) is 0 Å².